The summed E-state index contributed by atoms with van der Waals surface area (Å²) >= 11 is 6.06. The Hall–Kier alpha value is -0.530. The van der Waals surface area contributed by atoms with E-state index in [4.69, 9.17) is 11.6 Å². The lowest BCUT2D eigenvalue weighted by atomic mass is 9.92. The quantitative estimate of drug-likeness (QED) is 0.643. The molecule has 1 nitrogen and oxygen atoms in total. The summed E-state index contributed by atoms with van der Waals surface area (Å²) in [5.74, 6) is 0.656. The zero-order chi connectivity index (χ0) is 8.55. The molecule has 0 saturated carbocycles. The van der Waals surface area contributed by atoms with Crippen molar-refractivity contribution in [2.75, 3.05) is 20.1 Å². The van der Waals surface area contributed by atoms with Crippen molar-refractivity contribution in [2.45, 2.75) is 5.92 Å². The van der Waals surface area contributed by atoms with Crippen molar-refractivity contribution in [2.24, 2.45) is 0 Å². The molecule has 1 aliphatic heterocycles. The number of rotatable bonds is 1. The first-order valence-electron chi connectivity index (χ1n) is 4.20. The van der Waals surface area contributed by atoms with E-state index >= 15 is 0 Å². The topological polar surface area (TPSA) is 3.24 Å². The van der Waals surface area contributed by atoms with Gasteiger partial charge in [0.1, 0.15) is 0 Å². The van der Waals surface area contributed by atoms with Crippen LogP contribution in [0.25, 0.3) is 0 Å². The van der Waals surface area contributed by atoms with Gasteiger partial charge < -0.3 is 4.90 Å². The van der Waals surface area contributed by atoms with Gasteiger partial charge in [0, 0.05) is 24.0 Å². The Labute approximate surface area is 77.9 Å². The number of benzene rings is 1. The summed E-state index contributed by atoms with van der Waals surface area (Å²) in [7, 11) is 2.13. The third-order valence-electron chi connectivity index (χ3n) is 2.41. The number of halogens is 1. The molecule has 2 heteroatoms. The van der Waals surface area contributed by atoms with E-state index in [1.165, 1.54) is 5.56 Å². The predicted molar refractivity (Wildman–Crippen MR) is 51.7 cm³/mol. The van der Waals surface area contributed by atoms with Gasteiger partial charge in [-0.15, -0.1) is 0 Å². The molecule has 2 rings (SSSR count). The smallest absolute Gasteiger partial charge is 0.0441 e. The van der Waals surface area contributed by atoms with Crippen molar-refractivity contribution in [3.05, 3.63) is 34.9 Å². The minimum absolute atomic E-state index is 0.656. The van der Waals surface area contributed by atoms with E-state index in [1.807, 2.05) is 12.1 Å². The first-order chi connectivity index (χ1) is 5.77. The summed E-state index contributed by atoms with van der Waals surface area (Å²) in [6.07, 6.45) is 0. The van der Waals surface area contributed by atoms with Gasteiger partial charge in [0.25, 0.3) is 0 Å². The van der Waals surface area contributed by atoms with Crippen LogP contribution >= 0.6 is 11.6 Å². The molecule has 0 atom stereocenters. The average Bonchev–Trinajstić information content (AvgIpc) is 2.01. The molecule has 0 bridgehead atoms. The van der Waals surface area contributed by atoms with Crippen LogP contribution in [0.3, 0.4) is 0 Å². The maximum atomic E-state index is 6.06. The number of likely N-dealkylation sites (N-methyl/N-ethyl adjacent to an activating group) is 1. The summed E-state index contributed by atoms with van der Waals surface area (Å²) in [5.41, 5.74) is 1.30. The fraction of sp³-hybridized carbons (Fsp3) is 0.400. The first-order valence-corrected chi connectivity index (χ1v) is 4.58. The van der Waals surface area contributed by atoms with Crippen LogP contribution in [0.4, 0.5) is 0 Å². The minimum Gasteiger partial charge on any atom is -0.305 e. The fourth-order valence-electron chi connectivity index (χ4n) is 1.70. The van der Waals surface area contributed by atoms with Gasteiger partial charge in [-0.05, 0) is 18.7 Å². The lowest BCUT2D eigenvalue weighted by molar-refractivity contribution is 0.190. The van der Waals surface area contributed by atoms with Crippen LogP contribution in [-0.4, -0.2) is 25.0 Å². The largest absolute Gasteiger partial charge is 0.305 e. The fourth-order valence-corrected chi connectivity index (χ4v) is 1.99. The average molecular weight is 182 g/mol. The van der Waals surface area contributed by atoms with E-state index in [2.05, 4.69) is 24.1 Å². The van der Waals surface area contributed by atoms with Gasteiger partial charge in [-0.2, -0.15) is 0 Å². The van der Waals surface area contributed by atoms with E-state index < -0.39 is 0 Å². The molecule has 1 aromatic carbocycles. The SMILES string of the molecule is CN1CC(c2ccccc2Cl)C1. The van der Waals surface area contributed by atoms with Crippen LogP contribution in [0, 0.1) is 0 Å². The van der Waals surface area contributed by atoms with E-state index in [0.717, 1.165) is 18.1 Å². The zero-order valence-electron chi connectivity index (χ0n) is 7.13. The molecule has 0 spiro atoms. The van der Waals surface area contributed by atoms with Crippen LogP contribution in [-0.2, 0) is 0 Å². The van der Waals surface area contributed by atoms with Crippen LogP contribution in [0.5, 0.6) is 0 Å². The van der Waals surface area contributed by atoms with Crippen molar-refractivity contribution in [1.82, 2.24) is 4.90 Å². The van der Waals surface area contributed by atoms with Crippen LogP contribution < -0.4 is 0 Å². The second-order valence-electron chi connectivity index (χ2n) is 3.44. The van der Waals surface area contributed by atoms with Crippen LogP contribution in [0.2, 0.25) is 5.02 Å². The molecule has 1 saturated heterocycles. The lowest BCUT2D eigenvalue weighted by Crippen LogP contribution is -2.41. The van der Waals surface area contributed by atoms with Gasteiger partial charge in [0.05, 0.1) is 0 Å². The highest BCUT2D eigenvalue weighted by atomic mass is 35.5. The van der Waals surface area contributed by atoms with Crippen molar-refractivity contribution in [3.63, 3.8) is 0 Å². The predicted octanol–water partition coefficient (Wildman–Crippen LogP) is 2.37. The molecular weight excluding hydrogens is 170 g/mol. The summed E-state index contributed by atoms with van der Waals surface area (Å²) in [6, 6.07) is 8.13. The van der Waals surface area contributed by atoms with Crippen molar-refractivity contribution >= 4 is 11.6 Å². The van der Waals surface area contributed by atoms with Gasteiger partial charge >= 0.3 is 0 Å². The Kier molecular flexibility index (Phi) is 2.07. The Morgan fingerprint density at radius 1 is 1.33 bits per heavy atom. The van der Waals surface area contributed by atoms with Gasteiger partial charge in [0.2, 0.25) is 0 Å². The molecule has 1 aliphatic rings. The minimum atomic E-state index is 0.656. The molecule has 0 unspecified atom stereocenters. The van der Waals surface area contributed by atoms with Crippen LogP contribution in [0.1, 0.15) is 11.5 Å². The maximum Gasteiger partial charge on any atom is 0.0441 e. The number of nitrogens with zero attached hydrogens (tertiary/aromatic N) is 1. The number of hydrogen-bond acceptors (Lipinski definition) is 1. The maximum absolute atomic E-state index is 6.06. The highest BCUT2D eigenvalue weighted by Gasteiger charge is 2.25. The Balaban J connectivity index is 2.18. The molecule has 1 aromatic rings. The standard InChI is InChI=1S/C10H12ClN/c1-12-6-8(7-12)9-4-2-3-5-10(9)11/h2-5,8H,6-7H2,1H3. The Bertz CT molecular complexity index is 279. The Morgan fingerprint density at radius 2 is 2.00 bits per heavy atom. The molecule has 1 heterocycles. The summed E-state index contributed by atoms with van der Waals surface area (Å²) in [5, 5.41) is 0.913. The van der Waals surface area contributed by atoms with Gasteiger partial charge in [-0.1, -0.05) is 29.8 Å². The van der Waals surface area contributed by atoms with Crippen molar-refractivity contribution in [1.29, 1.82) is 0 Å². The van der Waals surface area contributed by atoms with Gasteiger partial charge in [0.15, 0.2) is 0 Å². The van der Waals surface area contributed by atoms with E-state index in [-0.39, 0.29) is 0 Å². The van der Waals surface area contributed by atoms with E-state index in [9.17, 15) is 0 Å². The lowest BCUT2D eigenvalue weighted by Gasteiger charge is -2.36. The number of likely N-dealkylation sites (tertiary alicyclic amines) is 1. The van der Waals surface area contributed by atoms with E-state index in [0.29, 0.717) is 5.92 Å². The molecule has 0 aliphatic carbocycles. The second-order valence-corrected chi connectivity index (χ2v) is 3.85. The molecule has 1 fully saturated rings. The molecule has 0 N–H and O–H groups in total. The van der Waals surface area contributed by atoms with Gasteiger partial charge in [-0.25, -0.2) is 0 Å². The number of hydrogen-bond donors (Lipinski definition) is 0. The van der Waals surface area contributed by atoms with E-state index in [1.54, 1.807) is 0 Å². The van der Waals surface area contributed by atoms with Crippen molar-refractivity contribution < 1.29 is 0 Å². The summed E-state index contributed by atoms with van der Waals surface area (Å²) in [4.78, 5) is 2.30. The summed E-state index contributed by atoms with van der Waals surface area (Å²) in [6.45, 7) is 2.29. The molecule has 64 valence electrons. The normalized spacial score (nSPS) is 19.2. The molecular formula is C10H12ClN. The molecule has 0 aromatic heterocycles. The summed E-state index contributed by atoms with van der Waals surface area (Å²) < 4.78 is 0. The first kappa shape index (κ1) is 8.09. The highest BCUT2D eigenvalue weighted by Crippen LogP contribution is 2.30. The zero-order valence-corrected chi connectivity index (χ0v) is 7.88. The molecule has 0 radical (unpaired) electrons. The third-order valence-corrected chi connectivity index (χ3v) is 2.75. The monoisotopic (exact) mass is 181 g/mol. The molecule has 0 amide bonds. The van der Waals surface area contributed by atoms with Crippen LogP contribution in [0.15, 0.2) is 24.3 Å². The highest BCUT2D eigenvalue weighted by molar-refractivity contribution is 6.31. The molecule has 12 heavy (non-hydrogen) atoms. The second kappa shape index (κ2) is 3.08. The van der Waals surface area contributed by atoms with Crippen molar-refractivity contribution in [3.8, 4) is 0 Å². The third kappa shape index (κ3) is 1.35. The Morgan fingerprint density at radius 3 is 2.58 bits per heavy atom. The van der Waals surface area contributed by atoms with Gasteiger partial charge in [-0.3, -0.25) is 0 Å².